The standard InChI is InChI=1S/C19H29ClN2O3/c1-22(2)19(9-7-5-6-8-10-19)13-21-18(23)14-11-15(20)17(25-4)16(12-14)24-3/h11-12H,5-10,13H2,1-4H3,(H,21,23). The van der Waals surface area contributed by atoms with E-state index in [9.17, 15) is 4.79 Å². The van der Waals surface area contributed by atoms with Crippen LogP contribution in [-0.4, -0.2) is 51.2 Å². The van der Waals surface area contributed by atoms with E-state index in [4.69, 9.17) is 21.1 Å². The van der Waals surface area contributed by atoms with Crippen LogP contribution in [0.5, 0.6) is 11.5 Å². The first kappa shape index (κ1) is 19.9. The Morgan fingerprint density at radius 2 is 1.80 bits per heavy atom. The molecule has 0 heterocycles. The van der Waals surface area contributed by atoms with Crippen LogP contribution in [-0.2, 0) is 0 Å². The molecule has 0 bridgehead atoms. The number of benzene rings is 1. The number of carbonyl (C=O) groups is 1. The van der Waals surface area contributed by atoms with E-state index in [1.807, 2.05) is 0 Å². The van der Waals surface area contributed by atoms with E-state index in [1.54, 1.807) is 12.1 Å². The topological polar surface area (TPSA) is 50.8 Å². The summed E-state index contributed by atoms with van der Waals surface area (Å²) in [7, 11) is 7.26. The van der Waals surface area contributed by atoms with E-state index in [1.165, 1.54) is 39.9 Å². The van der Waals surface area contributed by atoms with Gasteiger partial charge in [0.05, 0.1) is 19.2 Å². The van der Waals surface area contributed by atoms with Crippen LogP contribution in [0.25, 0.3) is 0 Å². The molecule has 1 N–H and O–H groups in total. The molecule has 1 aliphatic rings. The van der Waals surface area contributed by atoms with Crippen LogP contribution < -0.4 is 14.8 Å². The minimum Gasteiger partial charge on any atom is -0.493 e. The van der Waals surface area contributed by atoms with Crippen LogP contribution in [0.4, 0.5) is 0 Å². The lowest BCUT2D eigenvalue weighted by Crippen LogP contribution is -2.52. The first-order chi connectivity index (χ1) is 11.9. The quantitative estimate of drug-likeness (QED) is 0.777. The van der Waals surface area contributed by atoms with E-state index in [-0.39, 0.29) is 11.4 Å². The van der Waals surface area contributed by atoms with Gasteiger partial charge in [0.15, 0.2) is 11.5 Å². The molecule has 0 aromatic heterocycles. The number of nitrogens with one attached hydrogen (secondary N) is 1. The maximum atomic E-state index is 12.7. The monoisotopic (exact) mass is 368 g/mol. The summed E-state index contributed by atoms with van der Waals surface area (Å²) < 4.78 is 10.5. The summed E-state index contributed by atoms with van der Waals surface area (Å²) in [5, 5.41) is 3.46. The minimum atomic E-state index is -0.145. The fourth-order valence-electron chi connectivity index (χ4n) is 3.56. The van der Waals surface area contributed by atoms with Crippen LogP contribution >= 0.6 is 11.6 Å². The predicted octanol–water partition coefficient (Wildman–Crippen LogP) is 3.74. The maximum absolute atomic E-state index is 12.7. The lowest BCUT2D eigenvalue weighted by molar-refractivity contribution is 0.0868. The number of likely N-dealkylation sites (N-methyl/N-ethyl adjacent to an activating group) is 1. The van der Waals surface area contributed by atoms with Crippen molar-refractivity contribution in [1.82, 2.24) is 10.2 Å². The van der Waals surface area contributed by atoms with Gasteiger partial charge in [-0.15, -0.1) is 0 Å². The molecule has 0 spiro atoms. The van der Waals surface area contributed by atoms with Gasteiger partial charge in [-0.1, -0.05) is 37.3 Å². The molecule has 1 amide bonds. The van der Waals surface area contributed by atoms with E-state index in [0.29, 0.717) is 28.6 Å². The number of methoxy groups -OCH3 is 2. The first-order valence-corrected chi connectivity index (χ1v) is 9.18. The fourth-order valence-corrected chi connectivity index (χ4v) is 3.85. The third-order valence-corrected chi connectivity index (χ3v) is 5.54. The van der Waals surface area contributed by atoms with Crippen molar-refractivity contribution in [3.8, 4) is 11.5 Å². The lowest BCUT2D eigenvalue weighted by atomic mass is 9.88. The molecule has 5 nitrogen and oxygen atoms in total. The van der Waals surface area contributed by atoms with Gasteiger partial charge in [-0.05, 0) is 39.1 Å². The summed E-state index contributed by atoms with van der Waals surface area (Å²) in [6.45, 7) is 0.630. The van der Waals surface area contributed by atoms with Gasteiger partial charge >= 0.3 is 0 Å². The largest absolute Gasteiger partial charge is 0.493 e. The second-order valence-corrected chi connectivity index (χ2v) is 7.32. The predicted molar refractivity (Wildman–Crippen MR) is 101 cm³/mol. The van der Waals surface area contributed by atoms with E-state index in [0.717, 1.165) is 12.8 Å². The van der Waals surface area contributed by atoms with Crippen molar-refractivity contribution >= 4 is 17.5 Å². The number of ether oxygens (including phenoxy) is 2. The van der Waals surface area contributed by atoms with Gasteiger partial charge in [0.2, 0.25) is 0 Å². The van der Waals surface area contributed by atoms with Gasteiger partial charge in [0.25, 0.3) is 5.91 Å². The number of amides is 1. The van der Waals surface area contributed by atoms with E-state index >= 15 is 0 Å². The molecule has 1 fully saturated rings. The molecule has 0 atom stereocenters. The molecule has 25 heavy (non-hydrogen) atoms. The van der Waals surface area contributed by atoms with Crippen LogP contribution in [0.2, 0.25) is 5.02 Å². The highest BCUT2D eigenvalue weighted by atomic mass is 35.5. The third-order valence-electron chi connectivity index (χ3n) is 5.26. The highest BCUT2D eigenvalue weighted by Gasteiger charge is 2.33. The molecular weight excluding hydrogens is 340 g/mol. The highest BCUT2D eigenvalue weighted by Crippen LogP contribution is 2.36. The van der Waals surface area contributed by atoms with Gasteiger partial charge < -0.3 is 19.7 Å². The van der Waals surface area contributed by atoms with Crippen molar-refractivity contribution in [1.29, 1.82) is 0 Å². The van der Waals surface area contributed by atoms with E-state index in [2.05, 4.69) is 24.3 Å². The van der Waals surface area contributed by atoms with Gasteiger partial charge in [-0.2, -0.15) is 0 Å². The summed E-state index contributed by atoms with van der Waals surface area (Å²) in [5.74, 6) is 0.750. The van der Waals surface area contributed by atoms with Crippen LogP contribution in [0.15, 0.2) is 12.1 Å². The van der Waals surface area contributed by atoms with Crippen LogP contribution in [0.3, 0.4) is 0 Å². The summed E-state index contributed by atoms with van der Waals surface area (Å²) >= 11 is 6.21. The Kier molecular flexibility index (Phi) is 6.96. The Bertz CT molecular complexity index is 597. The van der Waals surface area contributed by atoms with Crippen molar-refractivity contribution < 1.29 is 14.3 Å². The van der Waals surface area contributed by atoms with Crippen molar-refractivity contribution in [2.24, 2.45) is 0 Å². The second kappa shape index (κ2) is 8.77. The van der Waals surface area contributed by atoms with Crippen molar-refractivity contribution in [2.45, 2.75) is 44.1 Å². The van der Waals surface area contributed by atoms with E-state index < -0.39 is 0 Å². The van der Waals surface area contributed by atoms with Crippen molar-refractivity contribution in [3.05, 3.63) is 22.7 Å². The average Bonchev–Trinajstić information content (AvgIpc) is 2.85. The molecule has 0 radical (unpaired) electrons. The first-order valence-electron chi connectivity index (χ1n) is 8.80. The zero-order chi connectivity index (χ0) is 18.4. The third kappa shape index (κ3) is 4.59. The number of rotatable bonds is 6. The summed E-state index contributed by atoms with van der Waals surface area (Å²) in [4.78, 5) is 14.9. The Hall–Kier alpha value is -1.46. The molecule has 0 unspecified atom stereocenters. The summed E-state index contributed by atoms with van der Waals surface area (Å²) in [5.41, 5.74) is 0.497. The molecule has 1 aromatic carbocycles. The average molecular weight is 369 g/mol. The molecule has 0 aliphatic heterocycles. The molecular formula is C19H29ClN2O3. The van der Waals surface area contributed by atoms with Crippen LogP contribution in [0.1, 0.15) is 48.9 Å². The zero-order valence-electron chi connectivity index (χ0n) is 15.7. The molecule has 1 aliphatic carbocycles. The second-order valence-electron chi connectivity index (χ2n) is 6.91. The van der Waals surface area contributed by atoms with Crippen molar-refractivity contribution in [3.63, 3.8) is 0 Å². The Morgan fingerprint density at radius 3 is 2.32 bits per heavy atom. The lowest BCUT2D eigenvalue weighted by Gasteiger charge is -2.39. The van der Waals surface area contributed by atoms with Gasteiger partial charge in [0.1, 0.15) is 0 Å². The molecule has 0 saturated heterocycles. The summed E-state index contributed by atoms with van der Waals surface area (Å²) in [6.07, 6.45) is 7.16. The Morgan fingerprint density at radius 1 is 1.16 bits per heavy atom. The van der Waals surface area contributed by atoms with Gasteiger partial charge in [0, 0.05) is 17.6 Å². The fraction of sp³-hybridized carbons (Fsp3) is 0.632. The summed E-state index contributed by atoms with van der Waals surface area (Å²) in [6, 6.07) is 3.28. The number of halogens is 1. The highest BCUT2D eigenvalue weighted by molar-refractivity contribution is 6.32. The number of hydrogen-bond donors (Lipinski definition) is 1. The SMILES string of the molecule is COc1cc(C(=O)NCC2(N(C)C)CCCCCC2)cc(Cl)c1OC. The minimum absolute atomic E-state index is 0.0203. The number of carbonyl (C=O) groups excluding carboxylic acids is 1. The van der Waals surface area contributed by atoms with Crippen molar-refractivity contribution in [2.75, 3.05) is 34.9 Å². The normalized spacial score (nSPS) is 17.0. The molecule has 2 rings (SSSR count). The number of hydrogen-bond acceptors (Lipinski definition) is 4. The molecule has 1 saturated carbocycles. The smallest absolute Gasteiger partial charge is 0.251 e. The Labute approximate surface area is 155 Å². The van der Waals surface area contributed by atoms with Gasteiger partial charge in [-0.3, -0.25) is 4.79 Å². The Balaban J connectivity index is 2.14. The molecule has 140 valence electrons. The number of nitrogens with zero attached hydrogens (tertiary/aromatic N) is 1. The van der Waals surface area contributed by atoms with Crippen LogP contribution in [0, 0.1) is 0 Å². The maximum Gasteiger partial charge on any atom is 0.251 e. The molecule has 6 heteroatoms. The molecule has 1 aromatic rings. The zero-order valence-corrected chi connectivity index (χ0v) is 16.4. The van der Waals surface area contributed by atoms with Gasteiger partial charge in [-0.25, -0.2) is 0 Å².